The van der Waals surface area contributed by atoms with Gasteiger partial charge in [0, 0.05) is 34.3 Å². The SMILES string of the molecule is CCN(CC)C[C@H](C)Nc1ccnc2cc(Br)ccc12. The van der Waals surface area contributed by atoms with Gasteiger partial charge in [-0.05, 0) is 44.3 Å². The maximum atomic E-state index is 4.42. The van der Waals surface area contributed by atoms with Crippen LogP contribution in [-0.4, -0.2) is 35.6 Å². The van der Waals surface area contributed by atoms with Crippen LogP contribution in [0.4, 0.5) is 5.69 Å². The highest BCUT2D eigenvalue weighted by atomic mass is 79.9. The second-order valence-corrected chi connectivity index (χ2v) is 5.97. The minimum absolute atomic E-state index is 0.407. The number of hydrogen-bond acceptors (Lipinski definition) is 3. The number of aromatic nitrogens is 1. The molecule has 1 aromatic heterocycles. The lowest BCUT2D eigenvalue weighted by atomic mass is 10.1. The van der Waals surface area contributed by atoms with Gasteiger partial charge in [0.1, 0.15) is 0 Å². The van der Waals surface area contributed by atoms with E-state index in [0.29, 0.717) is 6.04 Å². The summed E-state index contributed by atoms with van der Waals surface area (Å²) < 4.78 is 1.06. The van der Waals surface area contributed by atoms with Gasteiger partial charge in [0.15, 0.2) is 0 Å². The number of nitrogens with zero attached hydrogens (tertiary/aromatic N) is 2. The Morgan fingerprint density at radius 3 is 2.70 bits per heavy atom. The van der Waals surface area contributed by atoms with E-state index in [1.165, 1.54) is 5.39 Å². The third-order valence-corrected chi connectivity index (χ3v) is 4.03. The summed E-state index contributed by atoms with van der Waals surface area (Å²) in [7, 11) is 0. The largest absolute Gasteiger partial charge is 0.381 e. The van der Waals surface area contributed by atoms with E-state index >= 15 is 0 Å². The third-order valence-electron chi connectivity index (χ3n) is 3.53. The normalized spacial score (nSPS) is 12.8. The van der Waals surface area contributed by atoms with Crippen LogP contribution in [0.5, 0.6) is 0 Å². The summed E-state index contributed by atoms with van der Waals surface area (Å²) in [5.74, 6) is 0. The molecule has 0 saturated heterocycles. The summed E-state index contributed by atoms with van der Waals surface area (Å²) in [6, 6.07) is 8.68. The maximum absolute atomic E-state index is 4.42. The van der Waals surface area contributed by atoms with Gasteiger partial charge in [-0.1, -0.05) is 29.8 Å². The highest BCUT2D eigenvalue weighted by Gasteiger charge is 2.09. The van der Waals surface area contributed by atoms with Crippen molar-refractivity contribution in [3.8, 4) is 0 Å². The molecule has 2 rings (SSSR count). The Labute approximate surface area is 129 Å². The van der Waals surface area contributed by atoms with Gasteiger partial charge in [0.25, 0.3) is 0 Å². The van der Waals surface area contributed by atoms with Crippen LogP contribution in [-0.2, 0) is 0 Å². The molecule has 0 spiro atoms. The Kier molecular flexibility index (Phi) is 5.38. The molecule has 20 heavy (non-hydrogen) atoms. The number of anilines is 1. The molecule has 4 heteroatoms. The van der Waals surface area contributed by atoms with Gasteiger partial charge in [-0.25, -0.2) is 0 Å². The molecule has 2 aromatic rings. The van der Waals surface area contributed by atoms with Crippen LogP contribution < -0.4 is 5.32 Å². The molecule has 0 aliphatic rings. The van der Waals surface area contributed by atoms with Crippen LogP contribution in [0.25, 0.3) is 10.9 Å². The van der Waals surface area contributed by atoms with E-state index in [0.717, 1.165) is 35.3 Å². The van der Waals surface area contributed by atoms with E-state index in [-0.39, 0.29) is 0 Å². The average Bonchev–Trinajstić information content (AvgIpc) is 2.44. The van der Waals surface area contributed by atoms with Gasteiger partial charge in [0.2, 0.25) is 0 Å². The molecule has 3 nitrogen and oxygen atoms in total. The number of nitrogens with one attached hydrogen (secondary N) is 1. The Morgan fingerprint density at radius 2 is 2.00 bits per heavy atom. The monoisotopic (exact) mass is 335 g/mol. The smallest absolute Gasteiger partial charge is 0.0733 e. The van der Waals surface area contributed by atoms with Crippen molar-refractivity contribution in [1.82, 2.24) is 9.88 Å². The Bertz CT molecular complexity index is 567. The predicted octanol–water partition coefficient (Wildman–Crippen LogP) is 4.14. The summed E-state index contributed by atoms with van der Waals surface area (Å²) >= 11 is 3.49. The van der Waals surface area contributed by atoms with Crippen LogP contribution in [0.15, 0.2) is 34.9 Å². The summed E-state index contributed by atoms with van der Waals surface area (Å²) in [4.78, 5) is 6.85. The minimum atomic E-state index is 0.407. The number of benzene rings is 1. The minimum Gasteiger partial charge on any atom is -0.381 e. The lowest BCUT2D eigenvalue weighted by molar-refractivity contribution is 0.295. The average molecular weight is 336 g/mol. The summed E-state index contributed by atoms with van der Waals surface area (Å²) in [6.45, 7) is 9.86. The lowest BCUT2D eigenvalue weighted by Gasteiger charge is -2.24. The zero-order valence-corrected chi connectivity index (χ0v) is 13.9. The van der Waals surface area contributed by atoms with Crippen molar-refractivity contribution < 1.29 is 0 Å². The first-order valence-corrected chi connectivity index (χ1v) is 7.96. The van der Waals surface area contributed by atoms with Gasteiger partial charge in [-0.2, -0.15) is 0 Å². The van der Waals surface area contributed by atoms with E-state index in [1.54, 1.807) is 0 Å². The fourth-order valence-electron chi connectivity index (χ4n) is 2.43. The van der Waals surface area contributed by atoms with E-state index in [9.17, 15) is 0 Å². The molecular weight excluding hydrogens is 314 g/mol. The van der Waals surface area contributed by atoms with Crippen LogP contribution in [0.1, 0.15) is 20.8 Å². The van der Waals surface area contributed by atoms with Crippen LogP contribution in [0.3, 0.4) is 0 Å². The van der Waals surface area contributed by atoms with Crippen molar-refractivity contribution in [2.45, 2.75) is 26.8 Å². The standard InChI is InChI=1S/C16H22BrN3/c1-4-20(5-2)11-12(3)19-15-8-9-18-16-10-13(17)6-7-14(15)16/h6-10,12H,4-5,11H2,1-3H3,(H,18,19)/t12-/m0/s1. The quantitative estimate of drug-likeness (QED) is 0.859. The Balaban J connectivity index is 2.17. The first kappa shape index (κ1) is 15.3. The molecule has 1 atom stereocenters. The highest BCUT2D eigenvalue weighted by molar-refractivity contribution is 9.10. The molecule has 0 aliphatic heterocycles. The molecule has 1 aromatic carbocycles. The molecule has 1 heterocycles. The van der Waals surface area contributed by atoms with Gasteiger partial charge < -0.3 is 10.2 Å². The second-order valence-electron chi connectivity index (χ2n) is 5.05. The van der Waals surface area contributed by atoms with Crippen LogP contribution >= 0.6 is 15.9 Å². The van der Waals surface area contributed by atoms with Gasteiger partial charge in [-0.15, -0.1) is 0 Å². The molecule has 1 N–H and O–H groups in total. The molecule has 0 fully saturated rings. The second kappa shape index (κ2) is 7.04. The van der Waals surface area contributed by atoms with Crippen LogP contribution in [0.2, 0.25) is 0 Å². The number of halogens is 1. The number of hydrogen-bond donors (Lipinski definition) is 1. The number of rotatable bonds is 6. The highest BCUT2D eigenvalue weighted by Crippen LogP contribution is 2.25. The summed E-state index contributed by atoms with van der Waals surface area (Å²) in [5, 5.41) is 4.78. The molecule has 108 valence electrons. The molecule has 0 bridgehead atoms. The number of pyridine rings is 1. The first-order valence-electron chi connectivity index (χ1n) is 7.17. The zero-order valence-electron chi connectivity index (χ0n) is 12.4. The molecule has 0 saturated carbocycles. The fraction of sp³-hybridized carbons (Fsp3) is 0.438. The summed E-state index contributed by atoms with van der Waals surface area (Å²) in [6.07, 6.45) is 1.86. The molecule has 0 radical (unpaired) electrons. The van der Waals surface area contributed by atoms with E-state index in [2.05, 4.69) is 76.2 Å². The zero-order chi connectivity index (χ0) is 14.5. The molecule has 0 aliphatic carbocycles. The summed E-state index contributed by atoms with van der Waals surface area (Å²) in [5.41, 5.74) is 2.17. The van der Waals surface area contributed by atoms with Crippen molar-refractivity contribution in [2.24, 2.45) is 0 Å². The van der Waals surface area contributed by atoms with Crippen molar-refractivity contribution in [2.75, 3.05) is 25.0 Å². The molecular formula is C16H22BrN3. The Hall–Kier alpha value is -1.13. The molecule has 0 amide bonds. The van der Waals surface area contributed by atoms with Gasteiger partial charge in [-0.3, -0.25) is 4.98 Å². The topological polar surface area (TPSA) is 28.2 Å². The Morgan fingerprint density at radius 1 is 1.25 bits per heavy atom. The van der Waals surface area contributed by atoms with E-state index in [1.807, 2.05) is 6.20 Å². The number of fused-ring (bicyclic) bond motifs is 1. The lowest BCUT2D eigenvalue weighted by Crippen LogP contribution is -2.34. The first-order chi connectivity index (χ1) is 9.63. The van der Waals surface area contributed by atoms with E-state index < -0.39 is 0 Å². The van der Waals surface area contributed by atoms with Crippen LogP contribution in [0, 0.1) is 0 Å². The van der Waals surface area contributed by atoms with Crippen molar-refractivity contribution in [3.63, 3.8) is 0 Å². The van der Waals surface area contributed by atoms with Crippen molar-refractivity contribution >= 4 is 32.5 Å². The van der Waals surface area contributed by atoms with E-state index in [4.69, 9.17) is 0 Å². The van der Waals surface area contributed by atoms with Gasteiger partial charge >= 0.3 is 0 Å². The van der Waals surface area contributed by atoms with Gasteiger partial charge in [0.05, 0.1) is 5.52 Å². The fourth-order valence-corrected chi connectivity index (χ4v) is 2.78. The predicted molar refractivity (Wildman–Crippen MR) is 90.3 cm³/mol. The third kappa shape index (κ3) is 3.70. The molecule has 0 unspecified atom stereocenters. The number of likely N-dealkylation sites (N-methyl/N-ethyl adjacent to an activating group) is 1. The maximum Gasteiger partial charge on any atom is 0.0733 e. The van der Waals surface area contributed by atoms with Crippen molar-refractivity contribution in [1.29, 1.82) is 0 Å². The van der Waals surface area contributed by atoms with Crippen molar-refractivity contribution in [3.05, 3.63) is 34.9 Å².